The summed E-state index contributed by atoms with van der Waals surface area (Å²) in [7, 11) is 0. The molecule has 0 atom stereocenters. The van der Waals surface area contributed by atoms with Crippen molar-refractivity contribution in [3.8, 4) is 12.3 Å². The molecule has 24 heavy (non-hydrogen) atoms. The first-order valence-corrected chi connectivity index (χ1v) is 8.39. The van der Waals surface area contributed by atoms with E-state index in [2.05, 4.69) is 36.3 Å². The molecule has 0 radical (unpaired) electrons. The Balaban J connectivity index is 1.37. The number of rotatable bonds is 7. The molecule has 1 amide bonds. The topological polar surface area (TPSA) is 82.8 Å². The second kappa shape index (κ2) is 7.39. The van der Waals surface area contributed by atoms with Crippen molar-refractivity contribution in [1.82, 2.24) is 15.3 Å². The van der Waals surface area contributed by atoms with Gasteiger partial charge in [-0.2, -0.15) is 10.2 Å². The van der Waals surface area contributed by atoms with E-state index >= 15 is 0 Å². The number of piperidine rings is 1. The summed E-state index contributed by atoms with van der Waals surface area (Å²) in [5.74, 6) is 3.68. The maximum Gasteiger partial charge on any atom is 0.223 e. The molecule has 0 saturated carbocycles. The molecule has 0 aliphatic carbocycles. The van der Waals surface area contributed by atoms with Crippen LogP contribution in [0.5, 0.6) is 0 Å². The Labute approximate surface area is 142 Å². The highest BCUT2D eigenvalue weighted by Crippen LogP contribution is 2.36. The van der Waals surface area contributed by atoms with E-state index in [1.165, 1.54) is 0 Å². The zero-order valence-electron chi connectivity index (χ0n) is 13.7. The lowest BCUT2D eigenvalue weighted by atomic mass is 9.95. The Kier molecular flexibility index (Phi) is 5.04. The molecule has 0 aromatic carbocycles. The predicted octanol–water partition coefficient (Wildman–Crippen LogP) is 1.77. The highest BCUT2D eigenvalue weighted by atomic mass is 16.1. The van der Waals surface area contributed by atoms with Gasteiger partial charge in [0.1, 0.15) is 5.82 Å². The van der Waals surface area contributed by atoms with E-state index < -0.39 is 0 Å². The summed E-state index contributed by atoms with van der Waals surface area (Å²) in [6.07, 6.45) is 14.2. The molecule has 0 bridgehead atoms. The number of carbonyl (C=O) groups is 1. The Morgan fingerprint density at radius 3 is 2.75 bits per heavy atom. The van der Waals surface area contributed by atoms with Crippen molar-refractivity contribution >= 4 is 11.7 Å². The van der Waals surface area contributed by atoms with Gasteiger partial charge in [-0.3, -0.25) is 9.78 Å². The molecule has 1 aromatic rings. The van der Waals surface area contributed by atoms with E-state index in [-0.39, 0.29) is 17.5 Å². The van der Waals surface area contributed by atoms with Gasteiger partial charge in [0, 0.05) is 57.2 Å². The van der Waals surface area contributed by atoms with Crippen LogP contribution in [0, 0.1) is 18.3 Å². The third kappa shape index (κ3) is 4.07. The molecule has 0 unspecified atom stereocenters. The van der Waals surface area contributed by atoms with Gasteiger partial charge >= 0.3 is 0 Å². The van der Waals surface area contributed by atoms with Crippen molar-refractivity contribution in [2.75, 3.05) is 24.5 Å². The maximum atomic E-state index is 12.3. The Bertz CT molecular complexity index is 624. The van der Waals surface area contributed by atoms with Gasteiger partial charge in [0.15, 0.2) is 5.66 Å². The fourth-order valence-corrected chi connectivity index (χ4v) is 3.02. The van der Waals surface area contributed by atoms with Gasteiger partial charge in [-0.05, 0) is 12.8 Å². The SMILES string of the molecule is C#CCCC1(CCNC(=O)C2CCN(c3cnccn3)CC2)N=N1. The lowest BCUT2D eigenvalue weighted by molar-refractivity contribution is -0.125. The highest BCUT2D eigenvalue weighted by Gasteiger charge is 2.38. The van der Waals surface area contributed by atoms with E-state index in [0.29, 0.717) is 13.0 Å². The van der Waals surface area contributed by atoms with Crippen molar-refractivity contribution < 1.29 is 4.79 Å². The summed E-state index contributed by atoms with van der Waals surface area (Å²) in [5, 5.41) is 11.2. The quantitative estimate of drug-likeness (QED) is 0.774. The molecule has 1 saturated heterocycles. The van der Waals surface area contributed by atoms with Crippen molar-refractivity contribution in [2.24, 2.45) is 16.1 Å². The van der Waals surface area contributed by atoms with Gasteiger partial charge < -0.3 is 10.2 Å². The maximum absolute atomic E-state index is 12.3. The lowest BCUT2D eigenvalue weighted by Gasteiger charge is -2.31. The van der Waals surface area contributed by atoms with E-state index in [1.807, 2.05) is 0 Å². The van der Waals surface area contributed by atoms with Gasteiger partial charge in [-0.15, -0.1) is 12.3 Å². The molecule has 1 fully saturated rings. The number of amides is 1. The van der Waals surface area contributed by atoms with E-state index in [4.69, 9.17) is 6.42 Å². The minimum atomic E-state index is -0.324. The van der Waals surface area contributed by atoms with Crippen molar-refractivity contribution in [2.45, 2.75) is 37.8 Å². The van der Waals surface area contributed by atoms with E-state index in [1.54, 1.807) is 18.6 Å². The third-order valence-corrected chi connectivity index (χ3v) is 4.62. The van der Waals surface area contributed by atoms with E-state index in [0.717, 1.165) is 44.6 Å². The van der Waals surface area contributed by atoms with Gasteiger partial charge in [-0.25, -0.2) is 4.98 Å². The number of nitrogens with zero attached hydrogens (tertiary/aromatic N) is 5. The van der Waals surface area contributed by atoms with E-state index in [9.17, 15) is 4.79 Å². The van der Waals surface area contributed by atoms with Crippen LogP contribution in [0.4, 0.5) is 5.82 Å². The Morgan fingerprint density at radius 1 is 1.33 bits per heavy atom. The summed E-state index contributed by atoms with van der Waals surface area (Å²) < 4.78 is 0. The van der Waals surface area contributed by atoms with Crippen LogP contribution in [0.25, 0.3) is 0 Å². The zero-order chi connectivity index (χ0) is 16.8. The zero-order valence-corrected chi connectivity index (χ0v) is 13.7. The van der Waals surface area contributed by atoms with Crippen LogP contribution >= 0.6 is 0 Å². The molecule has 126 valence electrons. The van der Waals surface area contributed by atoms with Gasteiger partial charge in [0.25, 0.3) is 0 Å². The van der Waals surface area contributed by atoms with Crippen LogP contribution in [0.15, 0.2) is 28.8 Å². The number of hydrogen-bond donors (Lipinski definition) is 1. The van der Waals surface area contributed by atoms with Gasteiger partial charge in [-0.1, -0.05) is 0 Å². The fourth-order valence-electron chi connectivity index (χ4n) is 3.02. The first-order valence-electron chi connectivity index (χ1n) is 8.39. The van der Waals surface area contributed by atoms with Crippen LogP contribution in [0.2, 0.25) is 0 Å². The van der Waals surface area contributed by atoms with Crippen molar-refractivity contribution in [3.05, 3.63) is 18.6 Å². The molecule has 0 spiro atoms. The summed E-state index contributed by atoms with van der Waals surface area (Å²) >= 11 is 0. The van der Waals surface area contributed by atoms with Gasteiger partial charge in [0.05, 0.1) is 6.20 Å². The summed E-state index contributed by atoms with van der Waals surface area (Å²) in [6.45, 7) is 2.25. The molecule has 7 nitrogen and oxygen atoms in total. The monoisotopic (exact) mass is 326 g/mol. The predicted molar refractivity (Wildman–Crippen MR) is 90.2 cm³/mol. The standard InChI is InChI=1S/C17H22N6O/c1-2-3-6-17(21-22-17)7-8-20-16(24)14-4-11-23(12-5-14)15-13-18-9-10-19-15/h1,9-10,13-14H,3-8,11-12H2,(H,20,24). The molecule has 2 aliphatic heterocycles. The summed E-state index contributed by atoms with van der Waals surface area (Å²) in [4.78, 5) is 22.9. The molecular weight excluding hydrogens is 304 g/mol. The average Bonchev–Trinajstić information content (AvgIpc) is 3.41. The first-order chi connectivity index (χ1) is 11.7. The Morgan fingerprint density at radius 2 is 2.12 bits per heavy atom. The summed E-state index contributed by atoms with van der Waals surface area (Å²) in [5.41, 5.74) is -0.324. The Hall–Kier alpha value is -2.49. The fraction of sp³-hybridized carbons (Fsp3) is 0.588. The van der Waals surface area contributed by atoms with Crippen LogP contribution in [-0.4, -0.2) is 41.2 Å². The lowest BCUT2D eigenvalue weighted by Crippen LogP contribution is -2.41. The first kappa shape index (κ1) is 16.4. The highest BCUT2D eigenvalue weighted by molar-refractivity contribution is 5.78. The number of terminal acetylenes is 1. The number of carbonyl (C=O) groups excluding carboxylic acids is 1. The second-order valence-electron chi connectivity index (χ2n) is 6.25. The molecule has 2 aliphatic rings. The van der Waals surface area contributed by atoms with Crippen LogP contribution < -0.4 is 10.2 Å². The molecule has 1 N–H and O–H groups in total. The van der Waals surface area contributed by atoms with Crippen molar-refractivity contribution in [1.29, 1.82) is 0 Å². The number of nitrogens with one attached hydrogen (secondary N) is 1. The van der Waals surface area contributed by atoms with Gasteiger partial charge in [0.2, 0.25) is 5.91 Å². The minimum absolute atomic E-state index is 0.0626. The smallest absolute Gasteiger partial charge is 0.223 e. The molecule has 3 heterocycles. The van der Waals surface area contributed by atoms with Crippen LogP contribution in [-0.2, 0) is 4.79 Å². The molecular formula is C17H22N6O. The summed E-state index contributed by atoms with van der Waals surface area (Å²) in [6, 6.07) is 0. The number of aromatic nitrogens is 2. The number of anilines is 1. The third-order valence-electron chi connectivity index (χ3n) is 4.62. The average molecular weight is 326 g/mol. The normalized spacial score (nSPS) is 18.9. The largest absolute Gasteiger partial charge is 0.356 e. The molecule has 1 aromatic heterocycles. The van der Waals surface area contributed by atoms with Crippen molar-refractivity contribution in [3.63, 3.8) is 0 Å². The second-order valence-corrected chi connectivity index (χ2v) is 6.25. The van der Waals surface area contributed by atoms with Crippen LogP contribution in [0.1, 0.15) is 32.1 Å². The molecule has 3 rings (SSSR count). The molecule has 7 heteroatoms. The number of hydrogen-bond acceptors (Lipinski definition) is 6. The van der Waals surface area contributed by atoms with Crippen LogP contribution in [0.3, 0.4) is 0 Å². The minimum Gasteiger partial charge on any atom is -0.356 e.